The Kier molecular flexibility index (Phi) is 2.63. The van der Waals surface area contributed by atoms with E-state index in [0.717, 1.165) is 6.54 Å². The predicted molar refractivity (Wildman–Crippen MR) is 57.7 cm³/mol. The van der Waals surface area contributed by atoms with E-state index >= 15 is 0 Å². The van der Waals surface area contributed by atoms with Crippen LogP contribution in [-0.2, 0) is 4.74 Å². The van der Waals surface area contributed by atoms with Gasteiger partial charge in [0.2, 0.25) is 0 Å². The molecule has 1 saturated heterocycles. The van der Waals surface area contributed by atoms with E-state index < -0.39 is 5.60 Å². The van der Waals surface area contributed by atoms with Crippen molar-refractivity contribution in [2.45, 2.75) is 51.3 Å². The third-order valence-corrected chi connectivity index (χ3v) is 3.12. The number of carbonyl (C=O) groups is 1. The van der Waals surface area contributed by atoms with Crippen LogP contribution in [0.1, 0.15) is 33.6 Å². The molecule has 4 nitrogen and oxygen atoms in total. The molecule has 1 heterocycles. The third-order valence-electron chi connectivity index (χ3n) is 3.12. The molecule has 2 N–H and O–H groups in total. The van der Waals surface area contributed by atoms with Gasteiger partial charge in [0.05, 0.1) is 6.04 Å². The normalized spacial score (nSPS) is 34.2. The molecule has 4 heteroatoms. The fraction of sp³-hybridized carbons (Fsp3) is 0.909. The summed E-state index contributed by atoms with van der Waals surface area (Å²) in [6, 6.07) is 0.738. The summed E-state index contributed by atoms with van der Waals surface area (Å²) in [5.41, 5.74) is -0.408. The first kappa shape index (κ1) is 10.7. The van der Waals surface area contributed by atoms with Gasteiger partial charge >= 0.3 is 6.09 Å². The molecule has 1 unspecified atom stereocenters. The van der Waals surface area contributed by atoms with E-state index in [4.69, 9.17) is 4.74 Å². The summed E-state index contributed by atoms with van der Waals surface area (Å²) in [7, 11) is 0. The van der Waals surface area contributed by atoms with Crippen LogP contribution in [-0.4, -0.2) is 30.3 Å². The molecule has 2 bridgehead atoms. The second kappa shape index (κ2) is 3.67. The number of hydrogen-bond acceptors (Lipinski definition) is 3. The molecule has 2 fully saturated rings. The van der Waals surface area contributed by atoms with Gasteiger partial charge in [-0.25, -0.2) is 4.79 Å². The van der Waals surface area contributed by atoms with Crippen LogP contribution in [0.2, 0.25) is 0 Å². The zero-order valence-corrected chi connectivity index (χ0v) is 9.67. The van der Waals surface area contributed by atoms with Gasteiger partial charge in [-0.3, -0.25) is 0 Å². The molecule has 0 aromatic rings. The van der Waals surface area contributed by atoms with Gasteiger partial charge in [-0.2, -0.15) is 0 Å². The summed E-state index contributed by atoms with van der Waals surface area (Å²) in [5, 5.41) is 6.38. The van der Waals surface area contributed by atoms with Crippen LogP contribution in [0, 0.1) is 5.92 Å². The number of piperidine rings is 1. The zero-order valence-electron chi connectivity index (χ0n) is 9.67. The lowest BCUT2D eigenvalue weighted by atomic mass is 10.1. The van der Waals surface area contributed by atoms with Crippen molar-refractivity contribution in [2.24, 2.45) is 5.92 Å². The van der Waals surface area contributed by atoms with Gasteiger partial charge in [0.15, 0.2) is 0 Å². The highest BCUT2D eigenvalue weighted by Crippen LogP contribution is 2.31. The van der Waals surface area contributed by atoms with Crippen molar-refractivity contribution >= 4 is 6.09 Å². The van der Waals surface area contributed by atoms with E-state index in [1.165, 1.54) is 12.8 Å². The van der Waals surface area contributed by atoms with Crippen LogP contribution >= 0.6 is 0 Å². The largest absolute Gasteiger partial charge is 0.444 e. The van der Waals surface area contributed by atoms with E-state index in [0.29, 0.717) is 12.0 Å². The summed E-state index contributed by atoms with van der Waals surface area (Å²) >= 11 is 0. The molecule has 2 rings (SSSR count). The summed E-state index contributed by atoms with van der Waals surface area (Å²) < 4.78 is 5.25. The van der Waals surface area contributed by atoms with Gasteiger partial charge < -0.3 is 15.4 Å². The summed E-state index contributed by atoms with van der Waals surface area (Å²) in [6.45, 7) is 6.68. The molecule has 1 amide bonds. The Morgan fingerprint density at radius 2 is 2.13 bits per heavy atom. The summed E-state index contributed by atoms with van der Waals surface area (Å²) in [4.78, 5) is 11.6. The molecule has 1 saturated carbocycles. The number of amides is 1. The van der Waals surface area contributed by atoms with Gasteiger partial charge in [-0.15, -0.1) is 0 Å². The summed E-state index contributed by atoms with van der Waals surface area (Å²) in [6.07, 6.45) is 2.11. The Morgan fingerprint density at radius 1 is 1.40 bits per heavy atom. The lowest BCUT2D eigenvalue weighted by molar-refractivity contribution is 0.0497. The van der Waals surface area contributed by atoms with E-state index in [9.17, 15) is 4.79 Å². The van der Waals surface area contributed by atoms with E-state index in [1.54, 1.807) is 0 Å². The Bertz CT molecular complexity index is 240. The standard InChI is InChI=1S/C11H20N2O2/c1-11(2,3)15-10(14)13-9-7-4-5-8(9)12-6-7/h7-9,12H,4-6H2,1-3H3,(H,13,14)/t7-,8?,9-/m1/s1. The van der Waals surface area contributed by atoms with Crippen LogP contribution < -0.4 is 10.6 Å². The molecule has 86 valence electrons. The van der Waals surface area contributed by atoms with Crippen LogP contribution in [0.15, 0.2) is 0 Å². The van der Waals surface area contributed by atoms with Crippen molar-refractivity contribution in [3.63, 3.8) is 0 Å². The SMILES string of the molecule is CC(C)(C)OC(=O)N[C@H]1C2CC[C@@H]1CN2. The number of rotatable bonds is 1. The Labute approximate surface area is 90.8 Å². The quantitative estimate of drug-likeness (QED) is 0.688. The molecular weight excluding hydrogens is 192 g/mol. The van der Waals surface area contributed by atoms with Gasteiger partial charge in [-0.1, -0.05) is 0 Å². The predicted octanol–water partition coefficient (Wildman–Crippen LogP) is 1.26. The number of ether oxygens (including phenoxy) is 1. The number of fused-ring (bicyclic) bond motifs is 2. The molecule has 1 aliphatic carbocycles. The van der Waals surface area contributed by atoms with Gasteiger partial charge in [0, 0.05) is 12.6 Å². The summed E-state index contributed by atoms with van der Waals surface area (Å²) in [5.74, 6) is 0.600. The average molecular weight is 212 g/mol. The smallest absolute Gasteiger partial charge is 0.407 e. The minimum atomic E-state index is -0.408. The minimum absolute atomic E-state index is 0.278. The molecule has 0 spiro atoms. The van der Waals surface area contributed by atoms with Crippen LogP contribution in [0.5, 0.6) is 0 Å². The van der Waals surface area contributed by atoms with Crippen molar-refractivity contribution in [1.29, 1.82) is 0 Å². The Balaban J connectivity index is 1.85. The number of nitrogens with one attached hydrogen (secondary N) is 2. The second-order valence-electron chi connectivity index (χ2n) is 5.52. The minimum Gasteiger partial charge on any atom is -0.444 e. The van der Waals surface area contributed by atoms with Gasteiger partial charge in [0.1, 0.15) is 5.60 Å². The molecule has 3 atom stereocenters. The maximum absolute atomic E-state index is 11.6. The van der Waals surface area contributed by atoms with Gasteiger partial charge in [0.25, 0.3) is 0 Å². The van der Waals surface area contributed by atoms with Crippen LogP contribution in [0.3, 0.4) is 0 Å². The Hall–Kier alpha value is -0.770. The van der Waals surface area contributed by atoms with Crippen LogP contribution in [0.4, 0.5) is 4.79 Å². The first-order valence-corrected chi connectivity index (χ1v) is 5.68. The zero-order chi connectivity index (χ0) is 11.1. The highest BCUT2D eigenvalue weighted by atomic mass is 16.6. The van der Waals surface area contributed by atoms with Crippen molar-refractivity contribution < 1.29 is 9.53 Å². The first-order valence-electron chi connectivity index (χ1n) is 5.68. The first-order chi connectivity index (χ1) is 6.96. The molecule has 2 aliphatic rings. The van der Waals surface area contributed by atoms with Crippen molar-refractivity contribution in [3.8, 4) is 0 Å². The highest BCUT2D eigenvalue weighted by molar-refractivity contribution is 5.68. The number of hydrogen-bond donors (Lipinski definition) is 2. The molecule has 0 radical (unpaired) electrons. The van der Waals surface area contributed by atoms with Crippen molar-refractivity contribution in [3.05, 3.63) is 0 Å². The second-order valence-corrected chi connectivity index (χ2v) is 5.52. The van der Waals surface area contributed by atoms with Gasteiger partial charge in [-0.05, 0) is 39.5 Å². The molecular formula is C11H20N2O2. The maximum atomic E-state index is 11.6. The lowest BCUT2D eigenvalue weighted by Crippen LogP contribution is -2.44. The number of alkyl carbamates (subject to hydrolysis) is 1. The van der Waals surface area contributed by atoms with Crippen LogP contribution in [0.25, 0.3) is 0 Å². The average Bonchev–Trinajstić information content (AvgIpc) is 2.61. The molecule has 0 aromatic heterocycles. The topological polar surface area (TPSA) is 50.4 Å². The fourth-order valence-electron chi connectivity index (χ4n) is 2.50. The monoisotopic (exact) mass is 212 g/mol. The highest BCUT2D eigenvalue weighted by Gasteiger charge is 2.42. The fourth-order valence-corrected chi connectivity index (χ4v) is 2.50. The van der Waals surface area contributed by atoms with Crippen molar-refractivity contribution in [1.82, 2.24) is 10.6 Å². The van der Waals surface area contributed by atoms with E-state index in [2.05, 4.69) is 10.6 Å². The molecule has 1 aliphatic heterocycles. The maximum Gasteiger partial charge on any atom is 0.407 e. The van der Waals surface area contributed by atoms with E-state index in [-0.39, 0.29) is 12.1 Å². The number of carbonyl (C=O) groups excluding carboxylic acids is 1. The Morgan fingerprint density at radius 3 is 2.53 bits per heavy atom. The third kappa shape index (κ3) is 2.43. The molecule has 0 aromatic carbocycles. The lowest BCUT2D eigenvalue weighted by Gasteiger charge is -2.23. The van der Waals surface area contributed by atoms with Crippen molar-refractivity contribution in [2.75, 3.05) is 6.54 Å². The molecule has 15 heavy (non-hydrogen) atoms. The van der Waals surface area contributed by atoms with E-state index in [1.807, 2.05) is 20.8 Å².